The second kappa shape index (κ2) is 4.85. The molecule has 0 aliphatic heterocycles. The number of aromatic nitrogens is 6. The van der Waals surface area contributed by atoms with Gasteiger partial charge in [0.2, 0.25) is 11.6 Å². The maximum Gasteiger partial charge on any atom is 0.221 e. The van der Waals surface area contributed by atoms with E-state index in [1.54, 1.807) is 12.4 Å². The van der Waals surface area contributed by atoms with E-state index in [4.69, 9.17) is 0 Å². The topological polar surface area (TPSA) is 77.3 Å². The van der Waals surface area contributed by atoms with Gasteiger partial charge in [-0.25, -0.2) is 0 Å². The standard InChI is InChI=1S/C13H10N6/c1-9-5-7-15-11(8-9)13-18-16-12(17-19-13)10-4-2-3-6-14-10/h2-8H,1H3. The highest BCUT2D eigenvalue weighted by molar-refractivity contribution is 5.51. The van der Waals surface area contributed by atoms with Gasteiger partial charge in [0.15, 0.2) is 0 Å². The summed E-state index contributed by atoms with van der Waals surface area (Å²) in [5.74, 6) is 0.806. The van der Waals surface area contributed by atoms with Gasteiger partial charge in [-0.1, -0.05) is 6.07 Å². The minimum atomic E-state index is 0.400. The van der Waals surface area contributed by atoms with E-state index in [1.807, 2.05) is 37.3 Å². The van der Waals surface area contributed by atoms with E-state index in [0.717, 1.165) is 5.56 Å². The van der Waals surface area contributed by atoms with Crippen LogP contribution in [0.4, 0.5) is 0 Å². The third-order valence-corrected chi connectivity index (χ3v) is 2.52. The van der Waals surface area contributed by atoms with Crippen LogP contribution in [0.15, 0.2) is 42.7 Å². The van der Waals surface area contributed by atoms with E-state index in [1.165, 1.54) is 0 Å². The Hall–Kier alpha value is -2.76. The molecule has 0 aromatic carbocycles. The maximum absolute atomic E-state index is 4.19. The molecule has 92 valence electrons. The quantitative estimate of drug-likeness (QED) is 0.688. The molecule has 6 heteroatoms. The average Bonchev–Trinajstić information content (AvgIpc) is 2.48. The summed E-state index contributed by atoms with van der Waals surface area (Å²) >= 11 is 0. The molecule has 3 heterocycles. The molecule has 6 nitrogen and oxygen atoms in total. The molecule has 19 heavy (non-hydrogen) atoms. The van der Waals surface area contributed by atoms with Gasteiger partial charge in [-0.3, -0.25) is 9.97 Å². The van der Waals surface area contributed by atoms with Gasteiger partial charge in [0, 0.05) is 12.4 Å². The van der Waals surface area contributed by atoms with E-state index in [9.17, 15) is 0 Å². The maximum atomic E-state index is 4.19. The zero-order valence-corrected chi connectivity index (χ0v) is 10.2. The van der Waals surface area contributed by atoms with Crippen LogP contribution in [-0.2, 0) is 0 Å². The van der Waals surface area contributed by atoms with Crippen LogP contribution >= 0.6 is 0 Å². The number of nitrogens with zero attached hydrogens (tertiary/aromatic N) is 6. The van der Waals surface area contributed by atoms with Gasteiger partial charge in [0.25, 0.3) is 0 Å². The van der Waals surface area contributed by atoms with Crippen molar-refractivity contribution in [2.24, 2.45) is 0 Å². The van der Waals surface area contributed by atoms with Crippen LogP contribution < -0.4 is 0 Å². The molecule has 0 unspecified atom stereocenters. The summed E-state index contributed by atoms with van der Waals surface area (Å²) in [7, 11) is 0. The molecule has 0 saturated heterocycles. The molecule has 0 aliphatic rings. The first kappa shape index (κ1) is 11.3. The number of pyridine rings is 2. The monoisotopic (exact) mass is 250 g/mol. The fourth-order valence-electron chi connectivity index (χ4n) is 1.59. The molecular weight excluding hydrogens is 240 g/mol. The first-order chi connectivity index (χ1) is 9.33. The lowest BCUT2D eigenvalue weighted by Crippen LogP contribution is -2.01. The van der Waals surface area contributed by atoms with E-state index < -0.39 is 0 Å². The van der Waals surface area contributed by atoms with Crippen LogP contribution in [0.2, 0.25) is 0 Å². The smallest absolute Gasteiger partial charge is 0.221 e. The molecule has 0 spiro atoms. The fourth-order valence-corrected chi connectivity index (χ4v) is 1.59. The third-order valence-electron chi connectivity index (χ3n) is 2.52. The second-order valence-corrected chi connectivity index (χ2v) is 3.98. The summed E-state index contributed by atoms with van der Waals surface area (Å²) in [6, 6.07) is 9.30. The second-order valence-electron chi connectivity index (χ2n) is 3.98. The Bertz CT molecular complexity index is 681. The van der Waals surface area contributed by atoms with Crippen molar-refractivity contribution in [1.82, 2.24) is 30.4 Å². The zero-order chi connectivity index (χ0) is 13.1. The van der Waals surface area contributed by atoms with Crippen LogP contribution in [0.25, 0.3) is 23.0 Å². The molecule has 0 N–H and O–H groups in total. The van der Waals surface area contributed by atoms with Gasteiger partial charge >= 0.3 is 0 Å². The third kappa shape index (κ3) is 2.42. The van der Waals surface area contributed by atoms with Gasteiger partial charge in [0.1, 0.15) is 11.4 Å². The summed E-state index contributed by atoms with van der Waals surface area (Å²) in [6.07, 6.45) is 3.38. The van der Waals surface area contributed by atoms with Crippen LogP contribution in [0.1, 0.15) is 5.56 Å². The van der Waals surface area contributed by atoms with Gasteiger partial charge < -0.3 is 0 Å². The molecular formula is C13H10N6. The first-order valence-corrected chi connectivity index (χ1v) is 5.75. The molecule has 0 bridgehead atoms. The molecule has 0 saturated carbocycles. The summed E-state index contributed by atoms with van der Waals surface area (Å²) in [5, 5.41) is 16.1. The summed E-state index contributed by atoms with van der Waals surface area (Å²) in [5.41, 5.74) is 2.39. The lowest BCUT2D eigenvalue weighted by molar-refractivity contribution is 0.865. The Morgan fingerprint density at radius 2 is 1.42 bits per heavy atom. The SMILES string of the molecule is Cc1ccnc(-c2nnc(-c3ccccn3)nn2)c1. The molecule has 0 aliphatic carbocycles. The van der Waals surface area contributed by atoms with Crippen molar-refractivity contribution < 1.29 is 0 Å². The largest absolute Gasteiger partial charge is 0.253 e. The predicted octanol–water partition coefficient (Wildman–Crippen LogP) is 1.70. The van der Waals surface area contributed by atoms with Gasteiger partial charge in [-0.15, -0.1) is 20.4 Å². The minimum absolute atomic E-state index is 0.400. The molecule has 0 fully saturated rings. The molecule has 0 atom stereocenters. The van der Waals surface area contributed by atoms with Crippen LogP contribution in [0.5, 0.6) is 0 Å². The van der Waals surface area contributed by atoms with Crippen LogP contribution in [-0.4, -0.2) is 30.4 Å². The molecule has 0 radical (unpaired) electrons. The van der Waals surface area contributed by atoms with Crippen LogP contribution in [0.3, 0.4) is 0 Å². The lowest BCUT2D eigenvalue weighted by atomic mass is 10.2. The van der Waals surface area contributed by atoms with E-state index in [0.29, 0.717) is 23.0 Å². The summed E-state index contributed by atoms with van der Waals surface area (Å²) < 4.78 is 0. The van der Waals surface area contributed by atoms with Crippen molar-refractivity contribution in [2.75, 3.05) is 0 Å². The highest BCUT2D eigenvalue weighted by Crippen LogP contribution is 2.13. The van der Waals surface area contributed by atoms with Crippen molar-refractivity contribution in [2.45, 2.75) is 6.92 Å². The highest BCUT2D eigenvalue weighted by Gasteiger charge is 2.07. The fraction of sp³-hybridized carbons (Fsp3) is 0.0769. The van der Waals surface area contributed by atoms with E-state index in [2.05, 4.69) is 30.4 Å². The molecule has 3 aromatic rings. The predicted molar refractivity (Wildman–Crippen MR) is 68.8 cm³/mol. The Balaban J connectivity index is 1.95. The molecule has 0 amide bonds. The molecule has 3 rings (SSSR count). The highest BCUT2D eigenvalue weighted by atomic mass is 15.3. The summed E-state index contributed by atoms with van der Waals surface area (Å²) in [4.78, 5) is 8.34. The van der Waals surface area contributed by atoms with Crippen molar-refractivity contribution in [1.29, 1.82) is 0 Å². The van der Waals surface area contributed by atoms with Crippen molar-refractivity contribution in [3.63, 3.8) is 0 Å². The Morgan fingerprint density at radius 3 is 2.05 bits per heavy atom. The number of hydrogen-bond donors (Lipinski definition) is 0. The Labute approximate surface area is 109 Å². The number of rotatable bonds is 2. The lowest BCUT2D eigenvalue weighted by Gasteiger charge is -2.00. The minimum Gasteiger partial charge on any atom is -0.253 e. The van der Waals surface area contributed by atoms with Gasteiger partial charge in [-0.05, 0) is 36.8 Å². The molecule has 3 aromatic heterocycles. The van der Waals surface area contributed by atoms with Gasteiger partial charge in [0.05, 0.1) is 0 Å². The van der Waals surface area contributed by atoms with Crippen molar-refractivity contribution in [3.8, 4) is 23.0 Å². The van der Waals surface area contributed by atoms with E-state index in [-0.39, 0.29) is 0 Å². The van der Waals surface area contributed by atoms with Crippen molar-refractivity contribution >= 4 is 0 Å². The normalized spacial score (nSPS) is 10.4. The summed E-state index contributed by atoms with van der Waals surface area (Å²) in [6.45, 7) is 1.98. The Kier molecular flexibility index (Phi) is 2.89. The van der Waals surface area contributed by atoms with Crippen molar-refractivity contribution in [3.05, 3.63) is 48.3 Å². The Morgan fingerprint density at radius 1 is 0.737 bits per heavy atom. The van der Waals surface area contributed by atoms with Crippen LogP contribution in [0, 0.1) is 6.92 Å². The number of aryl methyl sites for hydroxylation is 1. The number of hydrogen-bond acceptors (Lipinski definition) is 6. The van der Waals surface area contributed by atoms with E-state index >= 15 is 0 Å². The first-order valence-electron chi connectivity index (χ1n) is 5.75. The van der Waals surface area contributed by atoms with Gasteiger partial charge in [-0.2, -0.15) is 0 Å². The zero-order valence-electron chi connectivity index (χ0n) is 10.2. The average molecular weight is 250 g/mol.